The number of carbonyl (C=O) groups excluding carboxylic acids is 3. The minimum atomic E-state index is -0.682. The summed E-state index contributed by atoms with van der Waals surface area (Å²) >= 11 is 10.8. The van der Waals surface area contributed by atoms with Crippen LogP contribution >= 0.6 is 39.3 Å². The summed E-state index contributed by atoms with van der Waals surface area (Å²) < 4.78 is 15.4. The maximum atomic E-state index is 14.5. The third kappa shape index (κ3) is 8.29. The average Bonchev–Trinajstić information content (AvgIpc) is 2.95. The van der Waals surface area contributed by atoms with Gasteiger partial charge in [-0.05, 0) is 72.8 Å². The number of amides is 3. The first-order valence-electron chi connectivity index (χ1n) is 11.9. The van der Waals surface area contributed by atoms with Crippen molar-refractivity contribution < 1.29 is 18.8 Å². The molecule has 3 amide bonds. The Morgan fingerprint density at radius 3 is 2.30 bits per heavy atom. The van der Waals surface area contributed by atoms with E-state index in [0.717, 1.165) is 9.37 Å². The summed E-state index contributed by atoms with van der Waals surface area (Å²) in [6.07, 6.45) is 1.19. The zero-order valence-corrected chi connectivity index (χ0v) is 23.9. The van der Waals surface area contributed by atoms with E-state index in [2.05, 4.69) is 31.9 Å². The lowest BCUT2D eigenvalue weighted by Crippen LogP contribution is -2.30. The van der Waals surface area contributed by atoms with Crippen LogP contribution in [0.15, 0.2) is 112 Å². The Morgan fingerprint density at radius 1 is 0.850 bits per heavy atom. The number of carbonyl (C=O) groups is 3. The second kappa shape index (κ2) is 13.9. The molecule has 0 saturated carbocycles. The topological polar surface area (TPSA) is 87.3 Å². The van der Waals surface area contributed by atoms with E-state index < -0.39 is 17.6 Å². The molecule has 4 aromatic carbocycles. The summed E-state index contributed by atoms with van der Waals surface area (Å²) in [4.78, 5) is 39.2. The van der Waals surface area contributed by atoms with Crippen LogP contribution in [0.2, 0.25) is 5.02 Å². The molecule has 0 spiro atoms. The first-order chi connectivity index (χ1) is 19.3. The molecule has 0 unspecified atom stereocenters. The zero-order chi connectivity index (χ0) is 28.5. The van der Waals surface area contributed by atoms with Crippen molar-refractivity contribution in [3.8, 4) is 0 Å². The third-order valence-corrected chi connectivity index (χ3v) is 7.26. The second-order valence-corrected chi connectivity index (χ2v) is 10.7. The Hall–Kier alpha value is -3.92. The highest BCUT2D eigenvalue weighted by atomic mass is 79.9. The van der Waals surface area contributed by atoms with Crippen molar-refractivity contribution in [2.45, 2.75) is 4.90 Å². The van der Waals surface area contributed by atoms with Crippen molar-refractivity contribution in [3.63, 3.8) is 0 Å². The van der Waals surface area contributed by atoms with Crippen LogP contribution in [0.4, 0.5) is 15.8 Å². The Labute approximate surface area is 248 Å². The van der Waals surface area contributed by atoms with Crippen LogP contribution in [-0.4, -0.2) is 23.5 Å². The minimum Gasteiger partial charge on any atom is -0.325 e. The maximum Gasteiger partial charge on any atom is 0.272 e. The molecule has 0 aliphatic carbocycles. The van der Waals surface area contributed by atoms with Crippen molar-refractivity contribution in [1.29, 1.82) is 0 Å². The summed E-state index contributed by atoms with van der Waals surface area (Å²) in [5.74, 6) is -1.91. The molecule has 0 heterocycles. The highest BCUT2D eigenvalue weighted by molar-refractivity contribution is 9.10. The zero-order valence-electron chi connectivity index (χ0n) is 20.8. The van der Waals surface area contributed by atoms with E-state index in [1.165, 1.54) is 36.0 Å². The highest BCUT2D eigenvalue weighted by Gasteiger charge is 2.17. The Bertz CT molecular complexity index is 1550. The SMILES string of the molecule is O=C(CSc1cccc(NC(=O)/C(=C\c2c(F)cccc2Cl)NC(=O)c2ccccc2)c1)Nc1ccc(Br)cc1. The van der Waals surface area contributed by atoms with Crippen LogP contribution in [-0.2, 0) is 9.59 Å². The molecular formula is C30H22BrClFN3O3S. The number of hydrogen-bond acceptors (Lipinski definition) is 4. The molecule has 3 N–H and O–H groups in total. The molecule has 0 bridgehead atoms. The van der Waals surface area contributed by atoms with Crippen molar-refractivity contribution in [2.75, 3.05) is 16.4 Å². The number of hydrogen-bond donors (Lipinski definition) is 3. The number of anilines is 2. The number of nitrogens with one attached hydrogen (secondary N) is 3. The van der Waals surface area contributed by atoms with Gasteiger partial charge in [0.15, 0.2) is 0 Å². The molecule has 202 valence electrons. The second-order valence-electron chi connectivity index (χ2n) is 8.34. The van der Waals surface area contributed by atoms with E-state index >= 15 is 0 Å². The van der Waals surface area contributed by atoms with E-state index in [4.69, 9.17) is 11.6 Å². The van der Waals surface area contributed by atoms with Crippen LogP contribution in [0.3, 0.4) is 0 Å². The predicted molar refractivity (Wildman–Crippen MR) is 162 cm³/mol. The molecule has 10 heteroatoms. The van der Waals surface area contributed by atoms with Gasteiger partial charge in [0.2, 0.25) is 5.91 Å². The molecule has 0 aromatic heterocycles. The van der Waals surface area contributed by atoms with Crippen molar-refractivity contribution in [2.24, 2.45) is 0 Å². The Morgan fingerprint density at radius 2 is 1.57 bits per heavy atom. The molecule has 4 aromatic rings. The molecule has 0 fully saturated rings. The van der Waals surface area contributed by atoms with Gasteiger partial charge in [0, 0.05) is 31.9 Å². The monoisotopic (exact) mass is 637 g/mol. The van der Waals surface area contributed by atoms with Gasteiger partial charge >= 0.3 is 0 Å². The van der Waals surface area contributed by atoms with Crippen molar-refractivity contribution in [3.05, 3.63) is 129 Å². The normalized spacial score (nSPS) is 11.0. The van der Waals surface area contributed by atoms with Gasteiger partial charge in [0.25, 0.3) is 11.8 Å². The fraction of sp³-hybridized carbons (Fsp3) is 0.0333. The lowest BCUT2D eigenvalue weighted by Gasteiger charge is -2.13. The Balaban J connectivity index is 1.48. The standard InChI is InChI=1S/C30H22BrClFN3O3S/c31-20-12-14-21(15-13-20)34-28(37)18-40-23-9-4-8-22(16-23)35-30(39)27(17-24-25(32)10-5-11-26(24)33)36-29(38)19-6-2-1-3-7-19/h1-17H,18H2,(H,34,37)(H,35,39)(H,36,38)/b27-17+. The molecule has 4 rings (SSSR count). The number of benzene rings is 4. The van der Waals surface area contributed by atoms with Gasteiger partial charge < -0.3 is 16.0 Å². The molecular weight excluding hydrogens is 617 g/mol. The van der Waals surface area contributed by atoms with E-state index in [1.54, 1.807) is 66.7 Å². The quantitative estimate of drug-likeness (QED) is 0.132. The summed E-state index contributed by atoms with van der Waals surface area (Å²) in [7, 11) is 0. The van der Waals surface area contributed by atoms with Crippen LogP contribution in [0.1, 0.15) is 15.9 Å². The van der Waals surface area contributed by atoms with E-state index in [9.17, 15) is 18.8 Å². The molecule has 0 saturated heterocycles. The number of rotatable bonds is 9. The number of thioether (sulfide) groups is 1. The van der Waals surface area contributed by atoms with Gasteiger partial charge in [0.1, 0.15) is 11.5 Å². The average molecular weight is 639 g/mol. The molecule has 0 atom stereocenters. The fourth-order valence-electron chi connectivity index (χ4n) is 3.48. The summed E-state index contributed by atoms with van der Waals surface area (Å²) in [5, 5.41) is 8.19. The van der Waals surface area contributed by atoms with Crippen molar-refractivity contribution in [1.82, 2.24) is 5.32 Å². The van der Waals surface area contributed by atoms with Crippen LogP contribution in [0.5, 0.6) is 0 Å². The maximum absolute atomic E-state index is 14.5. The number of halogens is 3. The summed E-state index contributed by atoms with van der Waals surface area (Å²) in [6.45, 7) is 0. The van der Waals surface area contributed by atoms with E-state index in [0.29, 0.717) is 16.9 Å². The van der Waals surface area contributed by atoms with Gasteiger partial charge in [-0.25, -0.2) is 4.39 Å². The summed E-state index contributed by atoms with van der Waals surface area (Å²) in [6, 6.07) is 26.6. The molecule has 0 radical (unpaired) electrons. The molecule has 0 aliphatic heterocycles. The van der Waals surface area contributed by atoms with Gasteiger partial charge in [-0.1, -0.05) is 57.9 Å². The third-order valence-electron chi connectivity index (χ3n) is 5.41. The largest absolute Gasteiger partial charge is 0.325 e. The first kappa shape index (κ1) is 29.1. The Kier molecular flexibility index (Phi) is 10.1. The van der Waals surface area contributed by atoms with Crippen molar-refractivity contribution >= 4 is 74.5 Å². The lowest BCUT2D eigenvalue weighted by atomic mass is 10.1. The van der Waals surface area contributed by atoms with E-state index in [-0.39, 0.29) is 27.9 Å². The van der Waals surface area contributed by atoms with Gasteiger partial charge in [-0.15, -0.1) is 11.8 Å². The van der Waals surface area contributed by atoms with Crippen LogP contribution in [0, 0.1) is 5.82 Å². The smallest absolute Gasteiger partial charge is 0.272 e. The van der Waals surface area contributed by atoms with Crippen LogP contribution in [0.25, 0.3) is 6.08 Å². The molecule has 6 nitrogen and oxygen atoms in total. The predicted octanol–water partition coefficient (Wildman–Crippen LogP) is 7.38. The first-order valence-corrected chi connectivity index (χ1v) is 14.1. The van der Waals surface area contributed by atoms with Gasteiger partial charge in [0.05, 0.1) is 10.8 Å². The lowest BCUT2D eigenvalue weighted by molar-refractivity contribution is -0.114. The fourth-order valence-corrected chi connectivity index (χ4v) is 4.71. The van der Waals surface area contributed by atoms with Crippen LogP contribution < -0.4 is 16.0 Å². The highest BCUT2D eigenvalue weighted by Crippen LogP contribution is 2.24. The van der Waals surface area contributed by atoms with E-state index in [1.807, 2.05) is 12.1 Å². The minimum absolute atomic E-state index is 0.0382. The molecule has 0 aliphatic rings. The summed E-state index contributed by atoms with van der Waals surface area (Å²) in [5.41, 5.74) is 1.18. The molecule has 40 heavy (non-hydrogen) atoms. The van der Waals surface area contributed by atoms with Gasteiger partial charge in [-0.3, -0.25) is 14.4 Å². The van der Waals surface area contributed by atoms with Gasteiger partial charge in [-0.2, -0.15) is 0 Å².